The molecule has 0 amide bonds. The van der Waals surface area contributed by atoms with Crippen LogP contribution in [-0.4, -0.2) is 29.7 Å². The second-order valence-electron chi connectivity index (χ2n) is 6.05. The van der Waals surface area contributed by atoms with Crippen LogP contribution in [0.5, 0.6) is 11.5 Å². The second kappa shape index (κ2) is 7.38. The van der Waals surface area contributed by atoms with Gasteiger partial charge in [0, 0.05) is 17.8 Å². The summed E-state index contributed by atoms with van der Waals surface area (Å²) in [6.07, 6.45) is 3.60. The van der Waals surface area contributed by atoms with Crippen molar-refractivity contribution in [3.8, 4) is 11.5 Å². The second-order valence-corrected chi connectivity index (χ2v) is 6.05. The number of pyridine rings is 1. The quantitative estimate of drug-likeness (QED) is 0.859. The summed E-state index contributed by atoms with van der Waals surface area (Å²) in [7, 11) is 0. The smallest absolute Gasteiger partial charge is 0.262 e. The number of hydrogen-bond donors (Lipinski definition) is 0. The number of benzene rings is 1. The number of carbonyl (C=O) groups is 1. The van der Waals surface area contributed by atoms with Gasteiger partial charge in [-0.05, 0) is 57.2 Å². The minimum atomic E-state index is -0.132. The minimum absolute atomic E-state index is 0.104. The van der Waals surface area contributed by atoms with E-state index in [1.807, 2.05) is 63.2 Å². The first-order chi connectivity index (χ1) is 12.1. The van der Waals surface area contributed by atoms with Crippen LogP contribution < -0.4 is 15.0 Å². The number of aromatic nitrogens is 1. The Kier molecular flexibility index (Phi) is 5.03. The van der Waals surface area contributed by atoms with E-state index in [2.05, 4.69) is 4.99 Å². The van der Waals surface area contributed by atoms with E-state index >= 15 is 0 Å². The molecule has 25 heavy (non-hydrogen) atoms. The highest BCUT2D eigenvalue weighted by molar-refractivity contribution is 6.00. The Labute approximate surface area is 147 Å². The van der Waals surface area contributed by atoms with Gasteiger partial charge in [-0.25, -0.2) is 0 Å². The highest BCUT2D eigenvalue weighted by atomic mass is 16.5. The molecule has 1 aromatic heterocycles. The predicted molar refractivity (Wildman–Crippen MR) is 96.8 cm³/mol. The lowest BCUT2D eigenvalue weighted by atomic mass is 10.1. The third-order valence-corrected chi connectivity index (χ3v) is 3.73. The summed E-state index contributed by atoms with van der Waals surface area (Å²) in [5.41, 5.74) is 2.06. The standard InChI is InChI=1S/C20H22N2O3/c1-4-24-17-8-9-18-15(12-17)11-16(13-25-18)20(23)22-10-6-5-7-19(22)21-14(2)3/h5-12,14H,4,13H2,1-3H3. The molecule has 0 N–H and O–H groups in total. The summed E-state index contributed by atoms with van der Waals surface area (Å²) >= 11 is 0. The summed E-state index contributed by atoms with van der Waals surface area (Å²) in [6.45, 7) is 6.73. The van der Waals surface area contributed by atoms with E-state index in [4.69, 9.17) is 9.47 Å². The van der Waals surface area contributed by atoms with Gasteiger partial charge >= 0.3 is 0 Å². The maximum atomic E-state index is 12.9. The van der Waals surface area contributed by atoms with Crippen molar-refractivity contribution in [2.45, 2.75) is 26.8 Å². The van der Waals surface area contributed by atoms with Crippen molar-refractivity contribution >= 4 is 12.0 Å². The first-order valence-corrected chi connectivity index (χ1v) is 8.45. The van der Waals surface area contributed by atoms with Crippen molar-refractivity contribution in [2.75, 3.05) is 13.2 Å². The fourth-order valence-electron chi connectivity index (χ4n) is 2.67. The molecule has 2 heterocycles. The summed E-state index contributed by atoms with van der Waals surface area (Å²) < 4.78 is 12.8. The van der Waals surface area contributed by atoms with Gasteiger partial charge in [0.15, 0.2) is 0 Å². The van der Waals surface area contributed by atoms with E-state index < -0.39 is 0 Å². The number of carbonyl (C=O) groups excluding carboxylic acids is 1. The molecule has 0 radical (unpaired) electrons. The topological polar surface area (TPSA) is 52.8 Å². The SMILES string of the molecule is CCOc1ccc2c(c1)C=C(C(=O)n1ccccc1=NC(C)C)CO2. The molecule has 0 fully saturated rings. The van der Waals surface area contributed by atoms with Crippen LogP contribution in [-0.2, 0) is 0 Å². The molecule has 0 unspecified atom stereocenters. The van der Waals surface area contributed by atoms with E-state index in [-0.39, 0.29) is 18.6 Å². The Balaban J connectivity index is 1.98. The molecule has 1 aliphatic rings. The Morgan fingerprint density at radius 1 is 1.32 bits per heavy atom. The summed E-state index contributed by atoms with van der Waals surface area (Å²) in [5.74, 6) is 1.38. The van der Waals surface area contributed by atoms with Crippen LogP contribution in [0.4, 0.5) is 0 Å². The fourth-order valence-corrected chi connectivity index (χ4v) is 2.67. The molecule has 5 nitrogen and oxygen atoms in total. The van der Waals surface area contributed by atoms with Crippen LogP contribution in [0.3, 0.4) is 0 Å². The summed E-state index contributed by atoms with van der Waals surface area (Å²) in [6, 6.07) is 11.3. The molecule has 0 saturated heterocycles. The minimum Gasteiger partial charge on any atom is -0.494 e. The van der Waals surface area contributed by atoms with Gasteiger partial charge in [-0.1, -0.05) is 6.07 Å². The van der Waals surface area contributed by atoms with E-state index in [1.54, 1.807) is 10.8 Å². The van der Waals surface area contributed by atoms with Gasteiger partial charge in [0.1, 0.15) is 23.6 Å². The molecular formula is C20H22N2O3. The summed E-state index contributed by atoms with van der Waals surface area (Å²) in [5, 5.41) is 0. The zero-order chi connectivity index (χ0) is 17.8. The molecule has 1 aromatic carbocycles. The number of hydrogen-bond acceptors (Lipinski definition) is 4. The van der Waals surface area contributed by atoms with Crippen LogP contribution in [0.2, 0.25) is 0 Å². The fraction of sp³-hybridized carbons (Fsp3) is 0.300. The van der Waals surface area contributed by atoms with Crippen molar-refractivity contribution in [1.29, 1.82) is 0 Å². The lowest BCUT2D eigenvalue weighted by Crippen LogP contribution is -2.30. The Hall–Kier alpha value is -2.82. The number of ether oxygens (including phenoxy) is 2. The zero-order valence-corrected chi connectivity index (χ0v) is 14.7. The van der Waals surface area contributed by atoms with E-state index in [0.29, 0.717) is 17.7 Å². The van der Waals surface area contributed by atoms with Crippen LogP contribution in [0, 0.1) is 0 Å². The van der Waals surface area contributed by atoms with Crippen LogP contribution in [0.25, 0.3) is 6.08 Å². The highest BCUT2D eigenvalue weighted by Crippen LogP contribution is 2.30. The van der Waals surface area contributed by atoms with Crippen molar-refractivity contribution in [2.24, 2.45) is 4.99 Å². The zero-order valence-electron chi connectivity index (χ0n) is 14.7. The van der Waals surface area contributed by atoms with E-state index in [0.717, 1.165) is 17.1 Å². The van der Waals surface area contributed by atoms with Gasteiger partial charge in [0.05, 0.1) is 12.2 Å². The van der Waals surface area contributed by atoms with E-state index in [1.165, 1.54) is 0 Å². The maximum Gasteiger partial charge on any atom is 0.262 e. The number of fused-ring (bicyclic) bond motifs is 1. The van der Waals surface area contributed by atoms with Crippen LogP contribution in [0.15, 0.2) is 53.2 Å². The van der Waals surface area contributed by atoms with Gasteiger partial charge in [-0.15, -0.1) is 0 Å². The first kappa shape index (κ1) is 17.0. The normalized spacial score (nSPS) is 13.9. The number of nitrogens with zero attached hydrogens (tertiary/aromatic N) is 2. The molecule has 1 aliphatic heterocycles. The molecule has 0 saturated carbocycles. The number of rotatable bonds is 4. The Bertz CT molecular complexity index is 879. The molecular weight excluding hydrogens is 316 g/mol. The monoisotopic (exact) mass is 338 g/mol. The van der Waals surface area contributed by atoms with Crippen molar-refractivity contribution in [1.82, 2.24) is 4.57 Å². The molecule has 0 aliphatic carbocycles. The Morgan fingerprint density at radius 2 is 2.16 bits per heavy atom. The average molecular weight is 338 g/mol. The summed E-state index contributed by atoms with van der Waals surface area (Å²) in [4.78, 5) is 17.5. The molecule has 0 atom stereocenters. The lowest BCUT2D eigenvalue weighted by Gasteiger charge is -2.19. The van der Waals surface area contributed by atoms with Gasteiger partial charge < -0.3 is 9.47 Å². The molecule has 130 valence electrons. The van der Waals surface area contributed by atoms with Gasteiger partial charge in [0.2, 0.25) is 0 Å². The highest BCUT2D eigenvalue weighted by Gasteiger charge is 2.19. The largest absolute Gasteiger partial charge is 0.494 e. The Morgan fingerprint density at radius 3 is 2.92 bits per heavy atom. The first-order valence-electron chi connectivity index (χ1n) is 8.45. The molecule has 0 bridgehead atoms. The molecule has 3 rings (SSSR count). The molecule has 5 heteroatoms. The van der Waals surface area contributed by atoms with Crippen molar-refractivity contribution in [3.63, 3.8) is 0 Å². The third kappa shape index (κ3) is 3.82. The van der Waals surface area contributed by atoms with Gasteiger partial charge in [-0.2, -0.15) is 0 Å². The van der Waals surface area contributed by atoms with Crippen LogP contribution in [0.1, 0.15) is 31.1 Å². The van der Waals surface area contributed by atoms with Crippen molar-refractivity contribution in [3.05, 3.63) is 59.2 Å². The van der Waals surface area contributed by atoms with E-state index in [9.17, 15) is 4.79 Å². The van der Waals surface area contributed by atoms with Crippen molar-refractivity contribution < 1.29 is 14.3 Å². The third-order valence-electron chi connectivity index (χ3n) is 3.73. The molecule has 2 aromatic rings. The maximum absolute atomic E-state index is 12.9. The van der Waals surface area contributed by atoms with Gasteiger partial charge in [0.25, 0.3) is 5.91 Å². The average Bonchev–Trinajstić information content (AvgIpc) is 2.61. The lowest BCUT2D eigenvalue weighted by molar-refractivity contribution is 0.0937. The predicted octanol–water partition coefficient (Wildman–Crippen LogP) is 3.31. The van der Waals surface area contributed by atoms with Crippen LogP contribution >= 0.6 is 0 Å². The molecule has 0 spiro atoms. The van der Waals surface area contributed by atoms with Gasteiger partial charge in [-0.3, -0.25) is 14.4 Å².